The quantitative estimate of drug-likeness (QED) is 0.250. The molecule has 12 heteroatoms. The lowest BCUT2D eigenvalue weighted by Gasteiger charge is -2.26. The van der Waals surface area contributed by atoms with Gasteiger partial charge in [0.1, 0.15) is 16.4 Å². The van der Waals surface area contributed by atoms with Crippen molar-refractivity contribution in [2.45, 2.75) is 42.7 Å². The molecular formula is C27H26ClFN6O3S. The molecule has 0 atom stereocenters. The van der Waals surface area contributed by atoms with Crippen molar-refractivity contribution in [1.82, 2.24) is 15.0 Å². The third-order valence-electron chi connectivity index (χ3n) is 6.36. The highest BCUT2D eigenvalue weighted by atomic mass is 35.5. The Hall–Kier alpha value is -3.80. The van der Waals surface area contributed by atoms with Gasteiger partial charge in [0.25, 0.3) is 10.0 Å². The Labute approximate surface area is 230 Å². The number of hydrogen-bond donors (Lipinski definition) is 3. The number of nitrogens with zero attached hydrogens (tertiary/aromatic N) is 3. The van der Waals surface area contributed by atoms with Gasteiger partial charge in [0.15, 0.2) is 5.82 Å². The van der Waals surface area contributed by atoms with Crippen LogP contribution in [0.1, 0.15) is 25.7 Å². The van der Waals surface area contributed by atoms with Crippen LogP contribution in [0, 0.1) is 5.82 Å². The highest BCUT2D eigenvalue weighted by molar-refractivity contribution is 7.92. The summed E-state index contributed by atoms with van der Waals surface area (Å²) in [6.45, 7) is 0. The summed E-state index contributed by atoms with van der Waals surface area (Å²) in [5.74, 6) is 0.220. The second kappa shape index (κ2) is 11.5. The number of pyridine rings is 1. The summed E-state index contributed by atoms with van der Waals surface area (Å²) in [6.07, 6.45) is 8.60. The Balaban J connectivity index is 1.33. The lowest BCUT2D eigenvalue weighted by atomic mass is 9.92. The molecule has 5 rings (SSSR count). The lowest BCUT2D eigenvalue weighted by Crippen LogP contribution is -2.33. The standard InChI is InChI=1S/C27H26ClFN6O3S/c28-21-3-1-2-4-26(21)39(36,37)35-24-10-9-19(15-22(24)29)38-25-12-13-31-16-20(25)23-11-14-32-27(34-23)33-18-7-5-17(30)6-8-18/h1-4,9-18,35H,5-8,30H2,(H,32,33,34). The Morgan fingerprint density at radius 1 is 1.03 bits per heavy atom. The summed E-state index contributed by atoms with van der Waals surface area (Å²) in [5, 5.41) is 3.40. The van der Waals surface area contributed by atoms with Crippen molar-refractivity contribution in [1.29, 1.82) is 0 Å². The molecule has 4 N–H and O–H groups in total. The monoisotopic (exact) mass is 568 g/mol. The van der Waals surface area contributed by atoms with Crippen LogP contribution in [0.25, 0.3) is 11.3 Å². The Morgan fingerprint density at radius 2 is 1.82 bits per heavy atom. The third kappa shape index (κ3) is 6.44. The maximum atomic E-state index is 14.9. The van der Waals surface area contributed by atoms with Gasteiger partial charge in [0.05, 0.1) is 22.0 Å². The van der Waals surface area contributed by atoms with E-state index in [1.54, 1.807) is 36.8 Å². The summed E-state index contributed by atoms with van der Waals surface area (Å²) in [4.78, 5) is 13.0. The molecule has 1 fully saturated rings. The van der Waals surface area contributed by atoms with Gasteiger partial charge >= 0.3 is 0 Å². The number of anilines is 2. The van der Waals surface area contributed by atoms with Gasteiger partial charge in [-0.3, -0.25) is 9.71 Å². The van der Waals surface area contributed by atoms with Crippen LogP contribution in [0.4, 0.5) is 16.0 Å². The molecule has 0 spiro atoms. The van der Waals surface area contributed by atoms with Crippen molar-refractivity contribution in [3.8, 4) is 22.8 Å². The molecule has 39 heavy (non-hydrogen) atoms. The van der Waals surface area contributed by atoms with E-state index in [9.17, 15) is 12.8 Å². The number of sulfonamides is 1. The topological polar surface area (TPSA) is 132 Å². The van der Waals surface area contributed by atoms with Crippen LogP contribution < -0.4 is 20.5 Å². The summed E-state index contributed by atoms with van der Waals surface area (Å²) in [6, 6.07) is 13.6. The molecule has 2 aromatic carbocycles. The first kappa shape index (κ1) is 26.8. The number of nitrogens with one attached hydrogen (secondary N) is 2. The van der Waals surface area contributed by atoms with Crippen LogP contribution in [-0.4, -0.2) is 35.5 Å². The van der Waals surface area contributed by atoms with Gasteiger partial charge in [0, 0.05) is 36.7 Å². The summed E-state index contributed by atoms with van der Waals surface area (Å²) < 4.78 is 48.5. The van der Waals surface area contributed by atoms with E-state index in [4.69, 9.17) is 22.1 Å². The summed E-state index contributed by atoms with van der Waals surface area (Å²) in [5.41, 5.74) is 6.92. The SMILES string of the molecule is NC1CCC(Nc2nccc(-c3cnccc3Oc3ccc(NS(=O)(=O)c4ccccc4Cl)c(F)c3)n2)CC1. The maximum absolute atomic E-state index is 14.9. The van der Waals surface area contributed by atoms with E-state index in [2.05, 4.69) is 25.0 Å². The predicted molar refractivity (Wildman–Crippen MR) is 148 cm³/mol. The first-order valence-corrected chi connectivity index (χ1v) is 14.2. The Morgan fingerprint density at radius 3 is 2.59 bits per heavy atom. The Bertz CT molecular complexity index is 1580. The molecule has 202 valence electrons. The van der Waals surface area contributed by atoms with Crippen molar-refractivity contribution in [3.63, 3.8) is 0 Å². The zero-order valence-corrected chi connectivity index (χ0v) is 22.3. The summed E-state index contributed by atoms with van der Waals surface area (Å²) >= 11 is 6.00. The van der Waals surface area contributed by atoms with Gasteiger partial charge < -0.3 is 15.8 Å². The zero-order valence-electron chi connectivity index (χ0n) is 20.7. The molecule has 0 bridgehead atoms. The van der Waals surface area contributed by atoms with E-state index >= 15 is 0 Å². The average molecular weight is 569 g/mol. The van der Waals surface area contributed by atoms with Crippen molar-refractivity contribution >= 4 is 33.3 Å². The number of rotatable bonds is 8. The molecule has 0 amide bonds. The number of ether oxygens (including phenoxy) is 1. The lowest BCUT2D eigenvalue weighted by molar-refractivity contribution is 0.410. The van der Waals surface area contributed by atoms with Crippen LogP contribution >= 0.6 is 11.6 Å². The number of aromatic nitrogens is 3. The molecule has 0 radical (unpaired) electrons. The maximum Gasteiger partial charge on any atom is 0.263 e. The number of benzene rings is 2. The van der Waals surface area contributed by atoms with Crippen molar-refractivity contribution in [2.75, 3.05) is 10.0 Å². The molecule has 2 heterocycles. The van der Waals surface area contributed by atoms with Gasteiger partial charge in [-0.15, -0.1) is 0 Å². The second-order valence-corrected chi connectivity index (χ2v) is 11.2. The van der Waals surface area contributed by atoms with Crippen molar-refractivity contribution in [2.24, 2.45) is 5.73 Å². The first-order valence-electron chi connectivity index (χ1n) is 12.3. The molecule has 0 saturated heterocycles. The Kier molecular flexibility index (Phi) is 7.92. The van der Waals surface area contributed by atoms with E-state index in [-0.39, 0.29) is 33.4 Å². The molecule has 9 nitrogen and oxygen atoms in total. The fraction of sp³-hybridized carbons (Fsp3) is 0.222. The fourth-order valence-corrected chi connectivity index (χ4v) is 5.91. The minimum Gasteiger partial charge on any atom is -0.456 e. The normalized spacial score (nSPS) is 17.4. The average Bonchev–Trinajstić information content (AvgIpc) is 2.92. The van der Waals surface area contributed by atoms with Gasteiger partial charge in [0.2, 0.25) is 5.95 Å². The van der Waals surface area contributed by atoms with E-state index in [0.717, 1.165) is 31.7 Å². The van der Waals surface area contributed by atoms with Gasteiger partial charge in [-0.05, 0) is 62.1 Å². The molecule has 1 aliphatic rings. The van der Waals surface area contributed by atoms with Crippen LogP contribution in [0.15, 0.2) is 78.1 Å². The van der Waals surface area contributed by atoms with E-state index in [0.29, 0.717) is 23.0 Å². The van der Waals surface area contributed by atoms with Crippen LogP contribution in [0.5, 0.6) is 11.5 Å². The predicted octanol–water partition coefficient (Wildman–Crippen LogP) is 5.61. The zero-order chi connectivity index (χ0) is 27.4. The molecule has 0 unspecified atom stereocenters. The van der Waals surface area contributed by atoms with Gasteiger partial charge in [-0.1, -0.05) is 23.7 Å². The highest BCUT2D eigenvalue weighted by Gasteiger charge is 2.21. The fourth-order valence-electron chi connectivity index (χ4n) is 4.32. The summed E-state index contributed by atoms with van der Waals surface area (Å²) in [7, 11) is -4.10. The van der Waals surface area contributed by atoms with Crippen LogP contribution in [0.3, 0.4) is 0 Å². The number of hydrogen-bond acceptors (Lipinski definition) is 8. The van der Waals surface area contributed by atoms with E-state index in [1.807, 2.05) is 0 Å². The molecule has 2 aromatic heterocycles. The number of halogens is 2. The minimum atomic E-state index is -4.10. The van der Waals surface area contributed by atoms with Crippen molar-refractivity contribution in [3.05, 3.63) is 84.0 Å². The van der Waals surface area contributed by atoms with E-state index < -0.39 is 15.8 Å². The van der Waals surface area contributed by atoms with E-state index in [1.165, 1.54) is 30.3 Å². The second-order valence-electron chi connectivity index (χ2n) is 9.17. The largest absolute Gasteiger partial charge is 0.456 e. The highest BCUT2D eigenvalue weighted by Crippen LogP contribution is 2.34. The number of nitrogens with two attached hydrogens (primary N) is 1. The van der Waals surface area contributed by atoms with Crippen molar-refractivity contribution < 1.29 is 17.5 Å². The minimum absolute atomic E-state index is 0.0293. The third-order valence-corrected chi connectivity index (χ3v) is 8.22. The smallest absolute Gasteiger partial charge is 0.263 e. The van der Waals surface area contributed by atoms with Gasteiger partial charge in [-0.25, -0.2) is 22.8 Å². The van der Waals surface area contributed by atoms with Crippen LogP contribution in [-0.2, 0) is 10.0 Å². The molecule has 0 aliphatic heterocycles. The molecular weight excluding hydrogens is 543 g/mol. The molecule has 1 saturated carbocycles. The van der Waals surface area contributed by atoms with Crippen LogP contribution in [0.2, 0.25) is 5.02 Å². The molecule has 1 aliphatic carbocycles. The van der Waals surface area contributed by atoms with Gasteiger partial charge in [-0.2, -0.15) is 0 Å². The first-order chi connectivity index (χ1) is 18.8. The molecule has 4 aromatic rings.